The molecule has 3 aromatic carbocycles. The van der Waals surface area contributed by atoms with Crippen molar-refractivity contribution in [3.05, 3.63) is 96.0 Å². The number of hydrogen-bond acceptors (Lipinski definition) is 6. The Hall–Kier alpha value is -2.59. The molecule has 1 heterocycles. The average molecular weight is 709 g/mol. The number of methoxy groups -OCH3 is 2. The predicted molar refractivity (Wildman–Crippen MR) is 157 cm³/mol. The minimum atomic E-state index is -1.27. The van der Waals surface area contributed by atoms with E-state index >= 15 is 0 Å². The van der Waals surface area contributed by atoms with Crippen molar-refractivity contribution in [2.45, 2.75) is 26.1 Å². The lowest BCUT2D eigenvalue weighted by atomic mass is 9.92. The van der Waals surface area contributed by atoms with E-state index in [9.17, 15) is 9.90 Å². The number of allylic oxidation sites excluding steroid dienone is 1. The fourth-order valence-electron chi connectivity index (χ4n) is 4.08. The average Bonchev–Trinajstić information content (AvgIpc) is 3.18. The Kier molecular flexibility index (Phi) is 9.03. The van der Waals surface area contributed by atoms with Crippen LogP contribution in [0.15, 0.2) is 79.3 Å². The van der Waals surface area contributed by atoms with Gasteiger partial charge in [0.1, 0.15) is 29.1 Å². The molecule has 3 aromatic rings. The van der Waals surface area contributed by atoms with E-state index in [0.717, 1.165) is 10.0 Å². The summed E-state index contributed by atoms with van der Waals surface area (Å²) in [7, 11) is 3.14. The third-order valence-electron chi connectivity index (χ3n) is 5.74. The van der Waals surface area contributed by atoms with Crippen LogP contribution in [-0.2, 0) is 9.53 Å². The standard InChI is InChI=1S/C29H25Br3O6/c1-15(2)37-19-8-6-17(7-9-19)25-24(12-16-5-10-23(35-3)20(30)11-16)38-29(34)26(25)27(33)18-13-21(31)28(36-4)22(32)14-18/h5-15,27,33H,1-4H3/b24-12-. The normalized spacial score (nSPS) is 15.2. The van der Waals surface area contributed by atoms with Crippen molar-refractivity contribution in [1.82, 2.24) is 0 Å². The maximum absolute atomic E-state index is 13.3. The number of esters is 1. The van der Waals surface area contributed by atoms with Gasteiger partial charge in [-0.05, 0) is 121 Å². The number of cyclic esters (lactones) is 1. The molecule has 4 rings (SSSR count). The molecule has 0 aliphatic carbocycles. The summed E-state index contributed by atoms with van der Waals surface area (Å²) in [6.07, 6.45) is 0.510. The second-order valence-electron chi connectivity index (χ2n) is 8.69. The van der Waals surface area contributed by atoms with Gasteiger partial charge in [0, 0.05) is 5.57 Å². The molecule has 1 aliphatic rings. The van der Waals surface area contributed by atoms with E-state index in [1.807, 2.05) is 56.3 Å². The molecule has 0 saturated carbocycles. The van der Waals surface area contributed by atoms with Crippen LogP contribution in [-0.4, -0.2) is 31.4 Å². The number of carbonyl (C=O) groups excluding carboxylic acids is 1. The molecule has 0 spiro atoms. The summed E-state index contributed by atoms with van der Waals surface area (Å²) in [5.41, 5.74) is 2.59. The van der Waals surface area contributed by atoms with Crippen LogP contribution in [0.25, 0.3) is 11.6 Å². The molecule has 0 radical (unpaired) electrons. The predicted octanol–water partition coefficient (Wildman–Crippen LogP) is 7.86. The van der Waals surface area contributed by atoms with Gasteiger partial charge in [-0.25, -0.2) is 4.79 Å². The van der Waals surface area contributed by atoms with Gasteiger partial charge in [0.25, 0.3) is 0 Å². The van der Waals surface area contributed by atoms with Crippen molar-refractivity contribution in [3.63, 3.8) is 0 Å². The van der Waals surface area contributed by atoms with Gasteiger partial charge in [-0.3, -0.25) is 0 Å². The summed E-state index contributed by atoms with van der Waals surface area (Å²) in [5.74, 6) is 1.65. The highest BCUT2D eigenvalue weighted by molar-refractivity contribution is 9.11. The highest BCUT2D eigenvalue weighted by atomic mass is 79.9. The van der Waals surface area contributed by atoms with Crippen molar-refractivity contribution < 1.29 is 28.8 Å². The monoisotopic (exact) mass is 706 g/mol. The summed E-state index contributed by atoms with van der Waals surface area (Å²) in [4.78, 5) is 13.3. The highest BCUT2D eigenvalue weighted by Gasteiger charge is 2.36. The molecule has 0 saturated heterocycles. The molecule has 1 atom stereocenters. The molecule has 1 unspecified atom stereocenters. The largest absolute Gasteiger partial charge is 0.496 e. The van der Waals surface area contributed by atoms with Gasteiger partial charge in [0.15, 0.2) is 0 Å². The van der Waals surface area contributed by atoms with E-state index in [-0.39, 0.29) is 11.7 Å². The third-order valence-corrected chi connectivity index (χ3v) is 7.54. The topological polar surface area (TPSA) is 74.2 Å². The lowest BCUT2D eigenvalue weighted by Gasteiger charge is -2.16. The number of halogens is 3. The minimum Gasteiger partial charge on any atom is -0.496 e. The number of benzene rings is 3. The zero-order valence-electron chi connectivity index (χ0n) is 21.1. The van der Waals surface area contributed by atoms with Gasteiger partial charge in [0.2, 0.25) is 0 Å². The van der Waals surface area contributed by atoms with Crippen LogP contribution in [0.1, 0.15) is 36.6 Å². The maximum atomic E-state index is 13.3. The van der Waals surface area contributed by atoms with Crippen molar-refractivity contribution in [2.75, 3.05) is 14.2 Å². The third kappa shape index (κ3) is 6.01. The Morgan fingerprint density at radius 1 is 0.895 bits per heavy atom. The molecular formula is C29H25Br3O6. The maximum Gasteiger partial charge on any atom is 0.343 e. The number of ether oxygens (including phenoxy) is 4. The van der Waals surface area contributed by atoms with Gasteiger partial charge in [-0.1, -0.05) is 18.2 Å². The summed E-state index contributed by atoms with van der Waals surface area (Å²) in [5, 5.41) is 11.5. The van der Waals surface area contributed by atoms with E-state index in [0.29, 0.717) is 48.7 Å². The SMILES string of the molecule is COc1ccc(/C=C2\OC(=O)C(C(O)c3cc(Br)c(OC)c(Br)c3)=C2c2ccc(OC(C)C)cc2)cc1Br. The van der Waals surface area contributed by atoms with E-state index in [2.05, 4.69) is 47.8 Å². The first-order chi connectivity index (χ1) is 18.1. The zero-order chi connectivity index (χ0) is 27.6. The van der Waals surface area contributed by atoms with E-state index in [1.165, 1.54) is 0 Å². The number of rotatable bonds is 8. The van der Waals surface area contributed by atoms with Crippen LogP contribution in [0.4, 0.5) is 0 Å². The molecular weight excluding hydrogens is 684 g/mol. The summed E-state index contributed by atoms with van der Waals surface area (Å²) in [6.45, 7) is 3.90. The molecule has 198 valence electrons. The lowest BCUT2D eigenvalue weighted by Crippen LogP contribution is -2.10. The smallest absolute Gasteiger partial charge is 0.343 e. The second-order valence-corrected chi connectivity index (χ2v) is 11.3. The minimum absolute atomic E-state index is 0.0183. The molecule has 0 amide bonds. The van der Waals surface area contributed by atoms with Crippen LogP contribution in [0, 0.1) is 0 Å². The molecule has 1 aliphatic heterocycles. The van der Waals surface area contributed by atoms with Crippen LogP contribution in [0.5, 0.6) is 17.2 Å². The van der Waals surface area contributed by atoms with Crippen molar-refractivity contribution >= 4 is 65.4 Å². The van der Waals surface area contributed by atoms with Gasteiger partial charge >= 0.3 is 5.97 Å². The summed E-state index contributed by atoms with van der Waals surface area (Å²) >= 11 is 10.4. The molecule has 6 nitrogen and oxygen atoms in total. The quantitative estimate of drug-likeness (QED) is 0.240. The zero-order valence-corrected chi connectivity index (χ0v) is 25.8. The Morgan fingerprint density at radius 3 is 2.11 bits per heavy atom. The Morgan fingerprint density at radius 2 is 1.55 bits per heavy atom. The first kappa shape index (κ1) is 28.4. The molecule has 0 fully saturated rings. The molecule has 0 bridgehead atoms. The van der Waals surface area contributed by atoms with Gasteiger partial charge in [-0.2, -0.15) is 0 Å². The van der Waals surface area contributed by atoms with E-state index < -0.39 is 12.1 Å². The van der Waals surface area contributed by atoms with Crippen LogP contribution in [0.2, 0.25) is 0 Å². The summed E-state index contributed by atoms with van der Waals surface area (Å²) < 4.78 is 24.3. The molecule has 38 heavy (non-hydrogen) atoms. The summed E-state index contributed by atoms with van der Waals surface area (Å²) in [6, 6.07) is 16.3. The second kappa shape index (κ2) is 12.1. The van der Waals surface area contributed by atoms with Crippen LogP contribution >= 0.6 is 47.8 Å². The van der Waals surface area contributed by atoms with Crippen molar-refractivity contribution in [3.8, 4) is 17.2 Å². The first-order valence-corrected chi connectivity index (χ1v) is 14.0. The number of carbonyl (C=O) groups is 1. The van der Waals surface area contributed by atoms with Gasteiger partial charge in [0.05, 0.1) is 39.3 Å². The fourth-order valence-corrected chi connectivity index (χ4v) is 6.19. The van der Waals surface area contributed by atoms with Crippen molar-refractivity contribution in [1.29, 1.82) is 0 Å². The number of aliphatic hydroxyl groups excluding tert-OH is 1. The van der Waals surface area contributed by atoms with Gasteiger partial charge in [-0.15, -0.1) is 0 Å². The van der Waals surface area contributed by atoms with Crippen LogP contribution < -0.4 is 14.2 Å². The number of aliphatic hydroxyl groups is 1. The molecule has 0 aromatic heterocycles. The first-order valence-electron chi connectivity index (χ1n) is 11.6. The Balaban J connectivity index is 1.87. The Bertz CT molecular complexity index is 1400. The lowest BCUT2D eigenvalue weighted by molar-refractivity contribution is -0.134. The highest BCUT2D eigenvalue weighted by Crippen LogP contribution is 2.44. The van der Waals surface area contributed by atoms with E-state index in [4.69, 9.17) is 18.9 Å². The molecule has 1 N–H and O–H groups in total. The van der Waals surface area contributed by atoms with Gasteiger partial charge < -0.3 is 24.1 Å². The van der Waals surface area contributed by atoms with Crippen LogP contribution in [0.3, 0.4) is 0 Å². The van der Waals surface area contributed by atoms with E-state index in [1.54, 1.807) is 32.4 Å². The Labute approximate surface area is 246 Å². The van der Waals surface area contributed by atoms with Crippen molar-refractivity contribution in [2.24, 2.45) is 0 Å². The molecule has 9 heteroatoms. The fraction of sp³-hybridized carbons (Fsp3) is 0.207. The number of hydrogen-bond donors (Lipinski definition) is 1.